The molecule has 1 atom stereocenters. The van der Waals surface area contributed by atoms with Gasteiger partial charge in [-0.3, -0.25) is 0 Å². The zero-order chi connectivity index (χ0) is 10.7. The van der Waals surface area contributed by atoms with Crippen molar-refractivity contribution in [3.8, 4) is 0 Å². The summed E-state index contributed by atoms with van der Waals surface area (Å²) >= 11 is 6.04. The van der Waals surface area contributed by atoms with Crippen molar-refractivity contribution in [3.05, 3.63) is 40.9 Å². The van der Waals surface area contributed by atoms with Crippen LogP contribution in [-0.4, -0.2) is 7.05 Å². The highest BCUT2D eigenvalue weighted by Crippen LogP contribution is 2.34. The molecule has 15 heavy (non-hydrogen) atoms. The molecular weight excluding hydrogens is 206 g/mol. The Balaban J connectivity index is 2.35. The van der Waals surface area contributed by atoms with E-state index in [9.17, 15) is 0 Å². The lowest BCUT2D eigenvalue weighted by molar-refractivity contribution is 0.655. The summed E-state index contributed by atoms with van der Waals surface area (Å²) in [6, 6.07) is 6.07. The van der Waals surface area contributed by atoms with Crippen LogP contribution in [-0.2, 0) is 0 Å². The molecule has 80 valence electrons. The Morgan fingerprint density at radius 1 is 1.40 bits per heavy atom. The highest BCUT2D eigenvalue weighted by atomic mass is 35.5. The normalized spacial score (nSPS) is 20.3. The number of hydrogen-bond acceptors (Lipinski definition) is 1. The first-order valence-corrected chi connectivity index (χ1v) is 5.83. The second-order valence-corrected chi connectivity index (χ2v) is 4.38. The minimum absolute atomic E-state index is 0.528. The number of anilines is 1. The maximum absolute atomic E-state index is 6.04. The largest absolute Gasteiger partial charge is 0.388 e. The molecule has 2 heteroatoms. The molecule has 1 N–H and O–H groups in total. The highest BCUT2D eigenvalue weighted by molar-refractivity contribution is 6.30. The molecule has 0 aliphatic heterocycles. The van der Waals surface area contributed by atoms with Crippen LogP contribution in [0.5, 0.6) is 0 Å². The van der Waals surface area contributed by atoms with Gasteiger partial charge in [0.05, 0.1) is 0 Å². The molecule has 0 radical (unpaired) electrons. The smallest absolute Gasteiger partial charge is 0.0410 e. The molecule has 0 spiro atoms. The van der Waals surface area contributed by atoms with Crippen molar-refractivity contribution in [2.75, 3.05) is 12.4 Å². The molecule has 1 aliphatic carbocycles. The molecule has 2 rings (SSSR count). The molecule has 0 aromatic heterocycles. The van der Waals surface area contributed by atoms with Crippen LogP contribution in [0.1, 0.15) is 30.7 Å². The van der Waals surface area contributed by atoms with E-state index in [0.717, 1.165) is 5.02 Å². The average Bonchev–Trinajstić information content (AvgIpc) is 2.30. The predicted molar refractivity (Wildman–Crippen MR) is 66.7 cm³/mol. The molecule has 1 unspecified atom stereocenters. The summed E-state index contributed by atoms with van der Waals surface area (Å²) in [6.45, 7) is 0. The number of halogens is 1. The van der Waals surface area contributed by atoms with Gasteiger partial charge in [-0.1, -0.05) is 23.8 Å². The number of nitrogens with one attached hydrogen (secondary N) is 1. The highest BCUT2D eigenvalue weighted by Gasteiger charge is 2.14. The van der Waals surface area contributed by atoms with Gasteiger partial charge < -0.3 is 5.32 Å². The van der Waals surface area contributed by atoms with Gasteiger partial charge in [0, 0.05) is 23.7 Å². The van der Waals surface area contributed by atoms with Crippen LogP contribution in [0.15, 0.2) is 30.4 Å². The molecule has 0 fully saturated rings. The van der Waals surface area contributed by atoms with Gasteiger partial charge in [-0.2, -0.15) is 0 Å². The molecule has 1 aromatic carbocycles. The van der Waals surface area contributed by atoms with Crippen molar-refractivity contribution in [2.24, 2.45) is 0 Å². The van der Waals surface area contributed by atoms with Crippen molar-refractivity contribution in [3.63, 3.8) is 0 Å². The Morgan fingerprint density at radius 3 is 2.93 bits per heavy atom. The summed E-state index contributed by atoms with van der Waals surface area (Å²) in [7, 11) is 1.96. The van der Waals surface area contributed by atoms with Gasteiger partial charge in [-0.25, -0.2) is 0 Å². The molecule has 0 heterocycles. The number of hydrogen-bond donors (Lipinski definition) is 1. The molecule has 0 saturated heterocycles. The van der Waals surface area contributed by atoms with Crippen LogP contribution >= 0.6 is 11.6 Å². The molecule has 0 bridgehead atoms. The van der Waals surface area contributed by atoms with Crippen molar-refractivity contribution >= 4 is 17.3 Å². The van der Waals surface area contributed by atoms with E-state index >= 15 is 0 Å². The molecule has 0 saturated carbocycles. The molecular formula is C13H16ClN. The number of rotatable bonds is 2. The molecule has 1 nitrogen and oxygen atoms in total. The van der Waals surface area contributed by atoms with Gasteiger partial charge in [0.15, 0.2) is 0 Å². The van der Waals surface area contributed by atoms with Gasteiger partial charge >= 0.3 is 0 Å². The summed E-state index contributed by atoms with van der Waals surface area (Å²) < 4.78 is 0. The quantitative estimate of drug-likeness (QED) is 0.738. The number of benzene rings is 1. The molecule has 0 amide bonds. The third-order valence-electron chi connectivity index (χ3n) is 2.94. The van der Waals surface area contributed by atoms with E-state index in [1.54, 1.807) is 0 Å². The van der Waals surface area contributed by atoms with Gasteiger partial charge in [-0.15, -0.1) is 0 Å². The summed E-state index contributed by atoms with van der Waals surface area (Å²) in [5.41, 5.74) is 2.51. The lowest BCUT2D eigenvalue weighted by atomic mass is 9.88. The fourth-order valence-electron chi connectivity index (χ4n) is 2.14. The Bertz CT molecular complexity index is 371. The third kappa shape index (κ3) is 2.35. The Labute approximate surface area is 96.1 Å². The van der Waals surface area contributed by atoms with Gasteiger partial charge in [0.2, 0.25) is 0 Å². The van der Waals surface area contributed by atoms with E-state index in [1.807, 2.05) is 13.1 Å². The van der Waals surface area contributed by atoms with E-state index in [0.29, 0.717) is 5.92 Å². The third-order valence-corrected chi connectivity index (χ3v) is 3.17. The van der Waals surface area contributed by atoms with Gasteiger partial charge in [-0.05, 0) is 43.0 Å². The fraction of sp³-hybridized carbons (Fsp3) is 0.385. The van der Waals surface area contributed by atoms with E-state index < -0.39 is 0 Å². The Morgan fingerprint density at radius 2 is 2.27 bits per heavy atom. The van der Waals surface area contributed by atoms with E-state index in [2.05, 4.69) is 29.6 Å². The minimum Gasteiger partial charge on any atom is -0.388 e. The first-order valence-electron chi connectivity index (χ1n) is 5.45. The predicted octanol–water partition coefficient (Wildman–Crippen LogP) is 4.21. The van der Waals surface area contributed by atoms with E-state index in [-0.39, 0.29) is 0 Å². The summed E-state index contributed by atoms with van der Waals surface area (Å²) in [5.74, 6) is 0.528. The van der Waals surface area contributed by atoms with Crippen molar-refractivity contribution < 1.29 is 0 Å². The first kappa shape index (κ1) is 10.6. The van der Waals surface area contributed by atoms with Crippen LogP contribution in [0.3, 0.4) is 0 Å². The van der Waals surface area contributed by atoms with Crippen LogP contribution in [0.2, 0.25) is 5.02 Å². The zero-order valence-corrected chi connectivity index (χ0v) is 9.72. The Kier molecular flexibility index (Phi) is 3.32. The Hall–Kier alpha value is -0.950. The zero-order valence-electron chi connectivity index (χ0n) is 8.96. The topological polar surface area (TPSA) is 12.0 Å². The van der Waals surface area contributed by atoms with Crippen LogP contribution in [0.4, 0.5) is 5.69 Å². The van der Waals surface area contributed by atoms with Gasteiger partial charge in [0.1, 0.15) is 0 Å². The second kappa shape index (κ2) is 4.71. The van der Waals surface area contributed by atoms with Crippen molar-refractivity contribution in [1.29, 1.82) is 0 Å². The SMILES string of the molecule is CNc1ccc(Cl)cc1C1C=CCCC1. The van der Waals surface area contributed by atoms with Crippen molar-refractivity contribution in [1.82, 2.24) is 0 Å². The lowest BCUT2D eigenvalue weighted by Gasteiger charge is -2.20. The standard InChI is InChI=1S/C13H16ClN/c1-15-13-8-7-11(14)9-12(13)10-5-3-2-4-6-10/h3,5,7-10,15H,2,4,6H2,1H3. The summed E-state index contributed by atoms with van der Waals surface area (Å²) in [4.78, 5) is 0. The summed E-state index contributed by atoms with van der Waals surface area (Å²) in [6.07, 6.45) is 8.29. The first-order chi connectivity index (χ1) is 7.31. The maximum Gasteiger partial charge on any atom is 0.0410 e. The van der Waals surface area contributed by atoms with Crippen LogP contribution in [0, 0.1) is 0 Å². The lowest BCUT2D eigenvalue weighted by Crippen LogP contribution is -2.03. The second-order valence-electron chi connectivity index (χ2n) is 3.95. The fourth-order valence-corrected chi connectivity index (χ4v) is 2.32. The monoisotopic (exact) mass is 221 g/mol. The average molecular weight is 222 g/mol. The summed E-state index contributed by atoms with van der Waals surface area (Å²) in [5, 5.41) is 4.05. The number of allylic oxidation sites excluding steroid dienone is 2. The van der Waals surface area contributed by atoms with E-state index in [1.165, 1.54) is 30.5 Å². The molecule has 1 aromatic rings. The van der Waals surface area contributed by atoms with E-state index in [4.69, 9.17) is 11.6 Å². The minimum atomic E-state index is 0.528. The van der Waals surface area contributed by atoms with Crippen molar-refractivity contribution in [2.45, 2.75) is 25.2 Å². The van der Waals surface area contributed by atoms with Crippen LogP contribution < -0.4 is 5.32 Å². The maximum atomic E-state index is 6.04. The van der Waals surface area contributed by atoms with Gasteiger partial charge in [0.25, 0.3) is 0 Å². The molecule has 1 aliphatic rings. The van der Waals surface area contributed by atoms with Crippen LogP contribution in [0.25, 0.3) is 0 Å².